The van der Waals surface area contributed by atoms with Gasteiger partial charge in [-0.3, -0.25) is 0 Å². The monoisotopic (exact) mass is 389 g/mol. The molecule has 9 atom stereocenters. The molecule has 0 aromatic heterocycles. The van der Waals surface area contributed by atoms with Crippen molar-refractivity contribution in [1.82, 2.24) is 5.32 Å². The predicted molar refractivity (Wildman–Crippen MR) is 97.7 cm³/mol. The standard InChI is InChI=1S/C18H35N3O6/c1-21-10-6-12(20)18(27-17-5-3-13(23)15(8-19)26-17)14(7-10)25-16-4-2-11(9-22)24-16/h10-18,21-23H,2-9,19-20H2,1H3/t10?,11?,12?,13-,14?,15?,16?,17+,18+/m0/s1. The van der Waals surface area contributed by atoms with Crippen LogP contribution in [0.5, 0.6) is 0 Å². The first kappa shape index (κ1) is 21.4. The van der Waals surface area contributed by atoms with E-state index in [0.29, 0.717) is 12.8 Å². The maximum absolute atomic E-state index is 9.95. The molecule has 3 rings (SSSR count). The molecule has 6 unspecified atom stereocenters. The molecule has 0 spiro atoms. The van der Waals surface area contributed by atoms with E-state index >= 15 is 0 Å². The van der Waals surface area contributed by atoms with Crippen molar-refractivity contribution in [2.75, 3.05) is 20.2 Å². The van der Waals surface area contributed by atoms with Gasteiger partial charge in [-0.25, -0.2) is 0 Å². The average Bonchev–Trinajstić information content (AvgIpc) is 3.13. The van der Waals surface area contributed by atoms with E-state index in [9.17, 15) is 10.2 Å². The zero-order valence-corrected chi connectivity index (χ0v) is 16.0. The number of ether oxygens (including phenoxy) is 4. The van der Waals surface area contributed by atoms with Crippen molar-refractivity contribution in [3.8, 4) is 0 Å². The van der Waals surface area contributed by atoms with Gasteiger partial charge in [0.2, 0.25) is 0 Å². The Morgan fingerprint density at radius 2 is 1.81 bits per heavy atom. The van der Waals surface area contributed by atoms with Crippen LogP contribution >= 0.6 is 0 Å². The lowest BCUT2D eigenvalue weighted by atomic mass is 9.86. The van der Waals surface area contributed by atoms with Crippen LogP contribution in [-0.4, -0.2) is 85.6 Å². The van der Waals surface area contributed by atoms with E-state index in [4.69, 9.17) is 30.4 Å². The molecule has 3 fully saturated rings. The van der Waals surface area contributed by atoms with Gasteiger partial charge in [-0.2, -0.15) is 0 Å². The fourth-order valence-electron chi connectivity index (χ4n) is 4.24. The van der Waals surface area contributed by atoms with Crippen molar-refractivity contribution in [2.45, 2.75) is 93.7 Å². The summed E-state index contributed by atoms with van der Waals surface area (Å²) in [5.41, 5.74) is 12.1. The van der Waals surface area contributed by atoms with Gasteiger partial charge >= 0.3 is 0 Å². The highest BCUT2D eigenvalue weighted by atomic mass is 16.7. The van der Waals surface area contributed by atoms with Gasteiger partial charge in [0.1, 0.15) is 6.10 Å². The minimum Gasteiger partial charge on any atom is -0.394 e. The van der Waals surface area contributed by atoms with E-state index in [2.05, 4.69) is 5.32 Å². The van der Waals surface area contributed by atoms with Crippen LogP contribution in [0, 0.1) is 0 Å². The number of hydrogen-bond donors (Lipinski definition) is 5. The molecule has 0 aromatic carbocycles. The Hall–Kier alpha value is -0.360. The summed E-state index contributed by atoms with van der Waals surface area (Å²) in [5, 5.41) is 22.5. The minimum absolute atomic E-state index is 0.00181. The predicted octanol–water partition coefficient (Wildman–Crippen LogP) is -1.21. The Bertz CT molecular complexity index is 459. The maximum Gasteiger partial charge on any atom is 0.158 e. The summed E-state index contributed by atoms with van der Waals surface area (Å²) in [5.74, 6) is 0. The fourth-order valence-corrected chi connectivity index (χ4v) is 4.24. The first-order chi connectivity index (χ1) is 13.0. The van der Waals surface area contributed by atoms with Crippen LogP contribution in [0.4, 0.5) is 0 Å². The molecule has 2 heterocycles. The molecular weight excluding hydrogens is 354 g/mol. The number of hydrogen-bond acceptors (Lipinski definition) is 9. The van der Waals surface area contributed by atoms with Crippen LogP contribution in [0.3, 0.4) is 0 Å². The van der Waals surface area contributed by atoms with Crippen LogP contribution in [0.15, 0.2) is 0 Å². The van der Waals surface area contributed by atoms with Gasteiger partial charge in [-0.05, 0) is 32.7 Å². The van der Waals surface area contributed by atoms with E-state index < -0.39 is 18.5 Å². The molecule has 158 valence electrons. The second-order valence-corrected chi connectivity index (χ2v) is 7.83. The number of aliphatic hydroxyl groups excluding tert-OH is 2. The van der Waals surface area contributed by atoms with Crippen molar-refractivity contribution < 1.29 is 29.2 Å². The lowest BCUT2D eigenvalue weighted by molar-refractivity contribution is -0.273. The lowest BCUT2D eigenvalue weighted by Gasteiger charge is -2.43. The molecule has 2 aliphatic heterocycles. The number of rotatable bonds is 7. The highest BCUT2D eigenvalue weighted by molar-refractivity contribution is 4.94. The Morgan fingerprint density at radius 1 is 1.07 bits per heavy atom. The quantitative estimate of drug-likeness (QED) is 0.362. The summed E-state index contributed by atoms with van der Waals surface area (Å²) >= 11 is 0. The Balaban J connectivity index is 1.62. The van der Waals surface area contributed by atoms with Crippen LogP contribution < -0.4 is 16.8 Å². The molecule has 9 heteroatoms. The summed E-state index contributed by atoms with van der Waals surface area (Å²) in [6, 6.07) is 0.0359. The zero-order valence-electron chi connectivity index (χ0n) is 16.0. The van der Waals surface area contributed by atoms with E-state index in [-0.39, 0.29) is 49.8 Å². The molecule has 0 amide bonds. The number of nitrogens with two attached hydrogens (primary N) is 2. The zero-order chi connectivity index (χ0) is 19.4. The van der Waals surface area contributed by atoms with Crippen molar-refractivity contribution in [1.29, 1.82) is 0 Å². The fraction of sp³-hybridized carbons (Fsp3) is 1.00. The van der Waals surface area contributed by atoms with Crippen LogP contribution in [-0.2, 0) is 18.9 Å². The molecule has 0 radical (unpaired) electrons. The van der Waals surface area contributed by atoms with E-state index in [0.717, 1.165) is 25.7 Å². The van der Waals surface area contributed by atoms with Gasteiger partial charge in [-0.15, -0.1) is 0 Å². The van der Waals surface area contributed by atoms with Gasteiger partial charge < -0.3 is 45.9 Å². The molecule has 1 aliphatic carbocycles. The summed E-state index contributed by atoms with van der Waals surface area (Å²) in [4.78, 5) is 0. The maximum atomic E-state index is 9.95. The number of nitrogens with one attached hydrogen (secondary N) is 1. The molecular formula is C18H35N3O6. The molecule has 3 aliphatic rings. The third kappa shape index (κ3) is 5.37. The summed E-state index contributed by atoms with van der Waals surface area (Å²) < 4.78 is 24.0. The summed E-state index contributed by atoms with van der Waals surface area (Å²) in [7, 11) is 1.92. The van der Waals surface area contributed by atoms with Gasteiger partial charge in [0.25, 0.3) is 0 Å². The van der Waals surface area contributed by atoms with E-state index in [1.54, 1.807) is 0 Å². The molecule has 9 nitrogen and oxygen atoms in total. The van der Waals surface area contributed by atoms with Crippen LogP contribution in [0.25, 0.3) is 0 Å². The van der Waals surface area contributed by atoms with E-state index in [1.165, 1.54) is 0 Å². The van der Waals surface area contributed by atoms with Crippen molar-refractivity contribution in [3.05, 3.63) is 0 Å². The van der Waals surface area contributed by atoms with Crippen molar-refractivity contribution >= 4 is 0 Å². The first-order valence-electron chi connectivity index (χ1n) is 10.1. The highest BCUT2D eigenvalue weighted by Gasteiger charge is 2.42. The second-order valence-electron chi connectivity index (χ2n) is 7.83. The van der Waals surface area contributed by atoms with Gasteiger partial charge in [0, 0.05) is 31.5 Å². The van der Waals surface area contributed by atoms with Crippen molar-refractivity contribution in [3.63, 3.8) is 0 Å². The molecule has 0 bridgehead atoms. The Labute approximate surface area is 160 Å². The van der Waals surface area contributed by atoms with Gasteiger partial charge in [0.05, 0.1) is 31.0 Å². The SMILES string of the molecule is CNC1CC(N)[C@@H](O[C@@H]2CC[C@H](O)C(CN)O2)C(OC2CCC(CO)O2)C1. The molecule has 27 heavy (non-hydrogen) atoms. The van der Waals surface area contributed by atoms with E-state index in [1.807, 2.05) is 7.05 Å². The second kappa shape index (κ2) is 9.91. The third-order valence-electron chi connectivity index (χ3n) is 5.86. The van der Waals surface area contributed by atoms with Gasteiger partial charge in [0.15, 0.2) is 12.6 Å². The van der Waals surface area contributed by atoms with Crippen LogP contribution in [0.2, 0.25) is 0 Å². The van der Waals surface area contributed by atoms with Crippen LogP contribution in [0.1, 0.15) is 38.5 Å². The smallest absolute Gasteiger partial charge is 0.158 e. The third-order valence-corrected chi connectivity index (χ3v) is 5.86. The Kier molecular flexibility index (Phi) is 7.83. The molecule has 7 N–H and O–H groups in total. The normalized spacial score (nSPS) is 45.9. The largest absolute Gasteiger partial charge is 0.394 e. The summed E-state index contributed by atoms with van der Waals surface area (Å²) in [6.45, 7) is 0.250. The lowest BCUT2D eigenvalue weighted by Crippen LogP contribution is -2.58. The highest BCUT2D eigenvalue weighted by Crippen LogP contribution is 2.31. The molecule has 0 aromatic rings. The average molecular weight is 389 g/mol. The topological polar surface area (TPSA) is 141 Å². The number of aliphatic hydroxyl groups is 2. The molecule has 2 saturated heterocycles. The molecule has 1 saturated carbocycles. The summed E-state index contributed by atoms with van der Waals surface area (Å²) in [6.07, 6.45) is 1.73. The first-order valence-corrected chi connectivity index (χ1v) is 10.1. The van der Waals surface area contributed by atoms with Gasteiger partial charge in [-0.1, -0.05) is 0 Å². The Morgan fingerprint density at radius 3 is 2.48 bits per heavy atom. The van der Waals surface area contributed by atoms with Crippen molar-refractivity contribution in [2.24, 2.45) is 11.5 Å². The minimum atomic E-state index is -0.557.